The quantitative estimate of drug-likeness (QED) is 0.422. The molecule has 0 aliphatic carbocycles. The number of rotatable bonds is 6. The number of halogens is 2. The van der Waals surface area contributed by atoms with E-state index in [2.05, 4.69) is 38.5 Å². The van der Waals surface area contributed by atoms with Gasteiger partial charge in [-0.3, -0.25) is 4.79 Å². The van der Waals surface area contributed by atoms with Gasteiger partial charge in [0.05, 0.1) is 12.2 Å². The lowest BCUT2D eigenvalue weighted by atomic mass is 9.83. The molecule has 4 nitrogen and oxygen atoms in total. The monoisotopic (exact) mass is 541 g/mol. The second-order valence-corrected chi connectivity index (χ2v) is 8.84. The SMILES string of the molecule is C[C@H](/C=C/CCO)[C@@]1(O)C(=O)N(Cc2cccc(I)c2)c2ccc(Br)cc21. The summed E-state index contributed by atoms with van der Waals surface area (Å²) in [6.07, 6.45) is 4.09. The van der Waals surface area contributed by atoms with Gasteiger partial charge in [-0.05, 0) is 64.9 Å². The molecule has 1 amide bonds. The Bertz CT molecular complexity index is 885. The molecule has 0 saturated carbocycles. The van der Waals surface area contributed by atoms with E-state index in [-0.39, 0.29) is 12.5 Å². The molecule has 0 aromatic heterocycles. The van der Waals surface area contributed by atoms with Crippen LogP contribution >= 0.6 is 38.5 Å². The minimum absolute atomic E-state index is 0.0382. The van der Waals surface area contributed by atoms with E-state index in [1.165, 1.54) is 0 Å². The third-order valence-corrected chi connectivity index (χ3v) is 6.00. The Labute approximate surface area is 181 Å². The molecule has 27 heavy (non-hydrogen) atoms. The molecule has 1 aliphatic heterocycles. The van der Waals surface area contributed by atoms with Gasteiger partial charge in [0.15, 0.2) is 5.60 Å². The zero-order valence-corrected chi connectivity index (χ0v) is 18.6. The standard InChI is InChI=1S/C21H21BrINO3/c1-14(5-2-3-10-25)21(27)18-12-16(22)8-9-19(18)24(20(21)26)13-15-6-4-7-17(23)11-15/h2,4-9,11-12,14,25,27H,3,10,13H2,1H3/b5-2+/t14-,21+/m1/s1. The summed E-state index contributed by atoms with van der Waals surface area (Å²) in [5, 5.41) is 20.5. The van der Waals surface area contributed by atoms with Crippen LogP contribution in [0.3, 0.4) is 0 Å². The van der Waals surface area contributed by atoms with Gasteiger partial charge in [0.2, 0.25) is 0 Å². The third-order valence-electron chi connectivity index (χ3n) is 4.84. The maximum atomic E-state index is 13.3. The zero-order valence-electron chi connectivity index (χ0n) is 14.9. The van der Waals surface area contributed by atoms with Crippen molar-refractivity contribution in [2.75, 3.05) is 11.5 Å². The summed E-state index contributed by atoms with van der Waals surface area (Å²) < 4.78 is 1.92. The normalized spacial score (nSPS) is 20.3. The maximum absolute atomic E-state index is 13.3. The van der Waals surface area contributed by atoms with E-state index in [0.717, 1.165) is 19.3 Å². The van der Waals surface area contributed by atoms with Crippen LogP contribution in [-0.4, -0.2) is 22.7 Å². The van der Waals surface area contributed by atoms with Crippen molar-refractivity contribution in [2.24, 2.45) is 5.92 Å². The Balaban J connectivity index is 2.02. The van der Waals surface area contributed by atoms with E-state index in [0.29, 0.717) is 18.5 Å². The Morgan fingerprint density at radius 3 is 2.78 bits per heavy atom. The number of hydrogen-bond acceptors (Lipinski definition) is 3. The first kappa shape index (κ1) is 20.5. The number of carbonyl (C=O) groups is 1. The van der Waals surface area contributed by atoms with E-state index < -0.39 is 11.5 Å². The highest BCUT2D eigenvalue weighted by Gasteiger charge is 2.52. The molecule has 2 N–H and O–H groups in total. The molecule has 0 fully saturated rings. The lowest BCUT2D eigenvalue weighted by molar-refractivity contribution is -0.139. The number of benzene rings is 2. The average molecular weight is 542 g/mol. The van der Waals surface area contributed by atoms with Crippen LogP contribution in [0.2, 0.25) is 0 Å². The molecular formula is C21H21BrINO3. The third kappa shape index (κ3) is 3.99. The van der Waals surface area contributed by atoms with Gasteiger partial charge >= 0.3 is 0 Å². The lowest BCUT2D eigenvalue weighted by Crippen LogP contribution is -2.44. The first-order valence-corrected chi connectivity index (χ1v) is 10.6. The smallest absolute Gasteiger partial charge is 0.264 e. The first-order chi connectivity index (χ1) is 12.9. The van der Waals surface area contributed by atoms with Gasteiger partial charge in [-0.1, -0.05) is 47.1 Å². The van der Waals surface area contributed by atoms with Gasteiger partial charge in [0.25, 0.3) is 5.91 Å². The van der Waals surface area contributed by atoms with Crippen LogP contribution in [0.4, 0.5) is 5.69 Å². The number of amides is 1. The van der Waals surface area contributed by atoms with Crippen LogP contribution in [0.25, 0.3) is 0 Å². The molecule has 2 atom stereocenters. The summed E-state index contributed by atoms with van der Waals surface area (Å²) in [6, 6.07) is 13.6. The maximum Gasteiger partial charge on any atom is 0.264 e. The van der Waals surface area contributed by atoms with Crippen LogP contribution < -0.4 is 4.90 Å². The van der Waals surface area contributed by atoms with Crippen LogP contribution in [0.1, 0.15) is 24.5 Å². The van der Waals surface area contributed by atoms with E-state index >= 15 is 0 Å². The number of aliphatic hydroxyl groups is 2. The summed E-state index contributed by atoms with van der Waals surface area (Å²) in [6.45, 7) is 2.27. The van der Waals surface area contributed by atoms with E-state index in [4.69, 9.17) is 5.11 Å². The summed E-state index contributed by atoms with van der Waals surface area (Å²) in [4.78, 5) is 15.0. The number of anilines is 1. The molecule has 2 aromatic carbocycles. The summed E-state index contributed by atoms with van der Waals surface area (Å²) in [7, 11) is 0. The molecular weight excluding hydrogens is 521 g/mol. The van der Waals surface area contributed by atoms with Gasteiger partial charge < -0.3 is 15.1 Å². The van der Waals surface area contributed by atoms with Crippen molar-refractivity contribution in [3.63, 3.8) is 0 Å². The lowest BCUT2D eigenvalue weighted by Gasteiger charge is -2.27. The molecule has 0 bridgehead atoms. The number of fused-ring (bicyclic) bond motifs is 1. The van der Waals surface area contributed by atoms with Crippen LogP contribution in [-0.2, 0) is 16.9 Å². The molecule has 0 spiro atoms. The van der Waals surface area contributed by atoms with Crippen LogP contribution in [0, 0.1) is 9.49 Å². The molecule has 0 unspecified atom stereocenters. The highest BCUT2D eigenvalue weighted by molar-refractivity contribution is 14.1. The molecule has 142 valence electrons. The number of carbonyl (C=O) groups excluding carboxylic acids is 1. The van der Waals surface area contributed by atoms with Crippen LogP contribution in [0.5, 0.6) is 0 Å². The second-order valence-electron chi connectivity index (χ2n) is 6.68. The van der Waals surface area contributed by atoms with Crippen molar-refractivity contribution in [3.05, 3.63) is 73.8 Å². The Hall–Kier alpha value is -1.22. The van der Waals surface area contributed by atoms with Gasteiger partial charge in [-0.25, -0.2) is 0 Å². The minimum atomic E-state index is -1.63. The Kier molecular flexibility index (Phi) is 6.40. The number of hydrogen-bond donors (Lipinski definition) is 2. The molecule has 2 aromatic rings. The predicted molar refractivity (Wildman–Crippen MR) is 118 cm³/mol. The highest BCUT2D eigenvalue weighted by Crippen LogP contribution is 2.46. The molecule has 6 heteroatoms. The first-order valence-electron chi connectivity index (χ1n) is 8.74. The largest absolute Gasteiger partial charge is 0.396 e. The van der Waals surface area contributed by atoms with E-state index in [1.807, 2.05) is 49.4 Å². The zero-order chi connectivity index (χ0) is 19.6. The number of nitrogens with zero attached hydrogens (tertiary/aromatic N) is 1. The van der Waals surface area contributed by atoms with Gasteiger partial charge in [-0.15, -0.1) is 0 Å². The average Bonchev–Trinajstić information content (AvgIpc) is 2.84. The topological polar surface area (TPSA) is 60.8 Å². The fraction of sp³-hybridized carbons (Fsp3) is 0.286. The highest BCUT2D eigenvalue weighted by atomic mass is 127. The summed E-state index contributed by atoms with van der Waals surface area (Å²) >= 11 is 5.70. The predicted octanol–water partition coefficient (Wildman–Crippen LogP) is 4.36. The van der Waals surface area contributed by atoms with Crippen molar-refractivity contribution < 1.29 is 15.0 Å². The number of aliphatic hydroxyl groups excluding tert-OH is 1. The van der Waals surface area contributed by atoms with E-state index in [9.17, 15) is 9.90 Å². The molecule has 0 saturated heterocycles. The van der Waals surface area contributed by atoms with Crippen molar-refractivity contribution >= 4 is 50.1 Å². The summed E-state index contributed by atoms with van der Waals surface area (Å²) in [5.41, 5.74) is 0.713. The molecule has 1 heterocycles. The Morgan fingerprint density at radius 2 is 2.07 bits per heavy atom. The van der Waals surface area contributed by atoms with Crippen LogP contribution in [0.15, 0.2) is 59.1 Å². The Morgan fingerprint density at radius 1 is 1.30 bits per heavy atom. The van der Waals surface area contributed by atoms with Crippen molar-refractivity contribution in [1.82, 2.24) is 0 Å². The second kappa shape index (κ2) is 8.43. The van der Waals surface area contributed by atoms with E-state index in [1.54, 1.807) is 17.1 Å². The molecule has 1 aliphatic rings. The minimum Gasteiger partial charge on any atom is -0.396 e. The molecule has 3 rings (SSSR count). The van der Waals surface area contributed by atoms with Gasteiger partial charge in [0.1, 0.15) is 0 Å². The fourth-order valence-electron chi connectivity index (χ4n) is 3.41. The van der Waals surface area contributed by atoms with Crippen molar-refractivity contribution in [3.8, 4) is 0 Å². The molecule has 0 radical (unpaired) electrons. The van der Waals surface area contributed by atoms with Gasteiger partial charge in [-0.2, -0.15) is 0 Å². The van der Waals surface area contributed by atoms with Crippen molar-refractivity contribution in [1.29, 1.82) is 0 Å². The van der Waals surface area contributed by atoms with Crippen molar-refractivity contribution in [2.45, 2.75) is 25.5 Å². The summed E-state index contributed by atoms with van der Waals surface area (Å²) in [5.74, 6) is -0.749. The fourth-order valence-corrected chi connectivity index (χ4v) is 4.38. The van der Waals surface area contributed by atoms with Gasteiger partial charge in [0, 0.05) is 26.1 Å².